The third kappa shape index (κ3) is 0. The maximum Gasteiger partial charge on any atom is -0.0683 e. The summed E-state index contributed by atoms with van der Waals surface area (Å²) in [5, 5.41) is 0. The summed E-state index contributed by atoms with van der Waals surface area (Å²) < 4.78 is 0. The van der Waals surface area contributed by atoms with Gasteiger partial charge in [-0.25, -0.2) is 0 Å². The van der Waals surface area contributed by atoms with E-state index in [0.717, 1.165) is 0 Å². The minimum absolute atomic E-state index is 0. The molecule has 0 saturated heterocycles. The molecule has 0 aromatic heterocycles. The third-order valence-electron chi connectivity index (χ3n) is 0. The molecule has 242 valence electrons. The van der Waals surface area contributed by atoms with Gasteiger partial charge in [0.2, 0.25) is 0 Å². The van der Waals surface area contributed by atoms with Crippen molar-refractivity contribution in [2.24, 2.45) is 0 Å². The van der Waals surface area contributed by atoms with Crippen LogP contribution in [0.5, 0.6) is 0 Å². The smallest absolute Gasteiger partial charge is 0.0683 e. The van der Waals surface area contributed by atoms with Crippen molar-refractivity contribution >= 4 is 0 Å². The summed E-state index contributed by atoms with van der Waals surface area (Å²) in [5.74, 6) is 0. The van der Waals surface area contributed by atoms with Crippen molar-refractivity contribution in [3.63, 3.8) is 0 Å². The van der Waals surface area contributed by atoms with Crippen LogP contribution in [-0.4, -0.2) is 0 Å². The zero-order valence-corrected chi connectivity index (χ0v) is 22.0. The first kappa shape index (κ1) is 279. The maximum atomic E-state index is 2.00. The largest absolute Gasteiger partial charge is 0.0776 e. The lowest BCUT2D eigenvalue weighted by Gasteiger charge is -1.07. The molecule has 0 atom stereocenters. The second-order valence-electron chi connectivity index (χ2n) is 0. The first-order chi connectivity index (χ1) is 11.0. The molecule has 0 saturated carbocycles. The molecule has 0 N–H and O–H groups in total. The molecule has 0 aromatic rings. The molecular formula is C33H110. The van der Waals surface area contributed by atoms with Gasteiger partial charge in [0.05, 0.1) is 0 Å². The molecule has 0 amide bonds. The lowest BCUT2D eigenvalue weighted by Crippen LogP contribution is -0.856. The number of rotatable bonds is 0. The van der Waals surface area contributed by atoms with Gasteiger partial charge in [-0.3, -0.25) is 0 Å². The van der Waals surface area contributed by atoms with Gasteiger partial charge >= 0.3 is 0 Å². The Bertz CT molecular complexity index is 0. The Morgan fingerprint density at radius 3 is 0.0909 bits per heavy atom. The van der Waals surface area contributed by atoms with Crippen LogP contribution < -0.4 is 0 Å². The van der Waals surface area contributed by atoms with Crippen LogP contribution >= 0.6 is 0 Å². The molecule has 0 rings (SSSR count). The highest BCUT2D eigenvalue weighted by molar-refractivity contribution is 3.52. The third-order valence-corrected chi connectivity index (χ3v) is 0. The van der Waals surface area contributed by atoms with Gasteiger partial charge in [-0.2, -0.15) is 0 Å². The zero-order valence-electron chi connectivity index (χ0n) is 22.0. The second-order valence-corrected chi connectivity index (χ2v) is 0. The van der Waals surface area contributed by atoms with Crippen LogP contribution in [0.2, 0.25) is 0 Å². The predicted octanol–water partition coefficient (Wildman–Crippen LogP) is 18.3. The number of hydrogen-bond acceptors (Lipinski definition) is 0. The first-order valence-corrected chi connectivity index (χ1v) is 11.0. The van der Waals surface area contributed by atoms with Crippen molar-refractivity contribution < 1.29 is 0 Å². The Kier molecular flexibility index (Phi) is 0. The van der Waals surface area contributed by atoms with Crippen molar-refractivity contribution in [1.82, 2.24) is 0 Å². The molecular weight excluding hydrogens is 396 g/mol. The van der Waals surface area contributed by atoms with Crippen LogP contribution in [0, 0.1) is 0 Å². The minimum Gasteiger partial charge on any atom is -0.0776 e. The fourth-order valence-electron chi connectivity index (χ4n) is 0. The van der Waals surface area contributed by atoms with E-state index in [1.54, 1.807) is 0 Å². The predicted molar refractivity (Wildman–Crippen MR) is 199 cm³/mol. The lowest BCUT2D eigenvalue weighted by atomic mass is 11.0. The van der Waals surface area contributed by atoms with Gasteiger partial charge in [-0.1, -0.05) is 234 Å². The van der Waals surface area contributed by atoms with Crippen LogP contribution in [0.25, 0.3) is 0 Å². The highest BCUT2D eigenvalue weighted by atomic mass is 13.0. The molecule has 0 aliphatic rings. The maximum absolute atomic E-state index is 2.00. The minimum atomic E-state index is 0. The molecule has 0 heterocycles. The molecule has 0 aliphatic heterocycles. The van der Waals surface area contributed by atoms with E-state index < -0.39 is 0 Å². The summed E-state index contributed by atoms with van der Waals surface area (Å²) in [5.41, 5.74) is 0. The summed E-state index contributed by atoms with van der Waals surface area (Å²) in [4.78, 5) is 0. The molecule has 0 heteroatoms. The molecule has 0 fully saturated rings. The SMILES string of the molecule is C.C.C.C.C.C.C.C.C.C.C.CC.CC.CC.CC.CC.CC.CC.CC.CC.CC.CC. The molecule has 33 heavy (non-hydrogen) atoms. The number of hydrogen-bond donors (Lipinski definition) is 0. The van der Waals surface area contributed by atoms with Crippen LogP contribution in [-0.2, 0) is 0 Å². The summed E-state index contributed by atoms with van der Waals surface area (Å²) in [6, 6.07) is 0. The summed E-state index contributed by atoms with van der Waals surface area (Å²) in [6.07, 6.45) is 0. The average Bonchev–Trinajstić information content (AvgIpc) is 2.78. The van der Waals surface area contributed by atoms with Crippen LogP contribution in [0.15, 0.2) is 0 Å². The molecule has 0 unspecified atom stereocenters. The van der Waals surface area contributed by atoms with Gasteiger partial charge in [0.15, 0.2) is 0 Å². The Labute approximate surface area is 234 Å². The standard InChI is InChI=1S/11C2H6.11CH4/c11*1-2;;;;;;;;;;;/h11*1-2H3;11*1H4. The molecule has 0 nitrogen and oxygen atoms in total. The van der Waals surface area contributed by atoms with Crippen molar-refractivity contribution in [3.8, 4) is 0 Å². The fraction of sp³-hybridized carbons (Fsp3) is 1.00. The van der Waals surface area contributed by atoms with E-state index >= 15 is 0 Å². The highest BCUT2D eigenvalue weighted by Gasteiger charge is 0.952. The van der Waals surface area contributed by atoms with E-state index in [1.807, 2.05) is 152 Å². The summed E-state index contributed by atoms with van der Waals surface area (Å²) in [7, 11) is 0. The van der Waals surface area contributed by atoms with E-state index in [9.17, 15) is 0 Å². The topological polar surface area (TPSA) is 0 Å². The van der Waals surface area contributed by atoms with Gasteiger partial charge in [0, 0.05) is 0 Å². The van der Waals surface area contributed by atoms with Crippen molar-refractivity contribution in [3.05, 3.63) is 0 Å². The first-order valence-electron chi connectivity index (χ1n) is 11.0. The molecule has 0 radical (unpaired) electrons. The second kappa shape index (κ2) is 0. The summed E-state index contributed by atoms with van der Waals surface area (Å²) >= 11 is 0. The van der Waals surface area contributed by atoms with Gasteiger partial charge in [-0.05, 0) is 0 Å². The zero-order chi connectivity index (χ0) is 22.0. The van der Waals surface area contributed by atoms with Crippen molar-refractivity contribution in [2.45, 2.75) is 234 Å². The molecule has 0 bridgehead atoms. The Morgan fingerprint density at radius 2 is 0.0909 bits per heavy atom. The Morgan fingerprint density at radius 1 is 0.0909 bits per heavy atom. The summed E-state index contributed by atoms with van der Waals surface area (Å²) in [6.45, 7) is 44.0. The van der Waals surface area contributed by atoms with E-state index in [4.69, 9.17) is 0 Å². The van der Waals surface area contributed by atoms with Gasteiger partial charge in [0.25, 0.3) is 0 Å². The van der Waals surface area contributed by atoms with Crippen LogP contribution in [0.4, 0.5) is 0 Å². The van der Waals surface area contributed by atoms with Crippen molar-refractivity contribution in [2.75, 3.05) is 0 Å². The van der Waals surface area contributed by atoms with Gasteiger partial charge in [-0.15, -0.1) is 0 Å². The monoisotopic (exact) mass is 507 g/mol. The quantitative estimate of drug-likeness (QED) is 0.306. The Balaban J connectivity index is -0.00000000195. The Hall–Kier alpha value is 0. The molecule has 0 spiro atoms. The fourth-order valence-corrected chi connectivity index (χ4v) is 0. The van der Waals surface area contributed by atoms with Gasteiger partial charge < -0.3 is 0 Å². The van der Waals surface area contributed by atoms with E-state index in [2.05, 4.69) is 0 Å². The lowest BCUT2D eigenvalue weighted by molar-refractivity contribution is 1.50. The van der Waals surface area contributed by atoms with Gasteiger partial charge in [0.1, 0.15) is 0 Å². The molecule has 0 aromatic carbocycles. The normalized spacial score (nSPS) is 2.00. The van der Waals surface area contributed by atoms with E-state index in [0.29, 0.717) is 0 Å². The van der Waals surface area contributed by atoms with E-state index in [-0.39, 0.29) is 81.7 Å². The molecule has 0 aliphatic carbocycles. The van der Waals surface area contributed by atoms with E-state index in [1.165, 1.54) is 0 Å². The van der Waals surface area contributed by atoms with Crippen LogP contribution in [0.3, 0.4) is 0 Å². The average molecular weight is 507 g/mol. The highest BCUT2D eigenvalue weighted by Crippen LogP contribution is 1.16. The van der Waals surface area contributed by atoms with Crippen molar-refractivity contribution in [1.29, 1.82) is 0 Å². The van der Waals surface area contributed by atoms with Crippen LogP contribution in [0.1, 0.15) is 234 Å².